The van der Waals surface area contributed by atoms with Crippen LogP contribution in [0.3, 0.4) is 0 Å². The van der Waals surface area contributed by atoms with E-state index in [0.717, 1.165) is 21.7 Å². The van der Waals surface area contributed by atoms with Crippen LogP contribution in [0.15, 0.2) is 65.6 Å². The van der Waals surface area contributed by atoms with E-state index in [1.165, 1.54) is 27.8 Å². The second-order valence-electron chi connectivity index (χ2n) is 12.9. The molecule has 3 aromatic rings. The lowest BCUT2D eigenvalue weighted by Gasteiger charge is -2.31. The highest BCUT2D eigenvalue weighted by Crippen LogP contribution is 2.37. The van der Waals surface area contributed by atoms with Gasteiger partial charge in [-0.2, -0.15) is 4.31 Å². The third-order valence-electron chi connectivity index (χ3n) is 8.73. The van der Waals surface area contributed by atoms with Crippen LogP contribution in [-0.2, 0) is 35.4 Å². The quantitative estimate of drug-likeness (QED) is 0.233. The predicted molar refractivity (Wildman–Crippen MR) is 183 cm³/mol. The lowest BCUT2D eigenvalue weighted by molar-refractivity contribution is -0.110. The molecular weight excluding hydrogens is 655 g/mol. The van der Waals surface area contributed by atoms with Crippen molar-refractivity contribution in [1.82, 2.24) is 9.62 Å². The Morgan fingerprint density at radius 3 is 2.67 bits per heavy atom. The number of ether oxygens (including phenoxy) is 3. The van der Waals surface area contributed by atoms with Gasteiger partial charge >= 0.3 is 6.09 Å². The third-order valence-corrected chi connectivity index (χ3v) is 11.5. The molecule has 0 radical (unpaired) electrons. The number of aliphatic hydroxyl groups excluding tert-OH is 1. The van der Waals surface area contributed by atoms with E-state index in [1.54, 1.807) is 12.1 Å². The number of amides is 2. The number of alkyl carbamates (subject to hydrolysis) is 1. The number of nitrogens with one attached hydrogen (secondary N) is 2. The normalized spacial score (nSPS) is 22.5. The highest BCUT2D eigenvalue weighted by Gasteiger charge is 2.44. The Morgan fingerprint density at radius 2 is 1.94 bits per heavy atom. The van der Waals surface area contributed by atoms with Crippen molar-refractivity contribution in [2.45, 2.75) is 63.0 Å². The van der Waals surface area contributed by atoms with E-state index in [1.807, 2.05) is 63.2 Å². The number of benzene rings is 2. The number of thiophene rings is 1. The van der Waals surface area contributed by atoms with E-state index in [-0.39, 0.29) is 55.0 Å². The molecule has 3 aliphatic rings. The molecule has 256 valence electrons. The zero-order valence-electron chi connectivity index (χ0n) is 27.1. The molecule has 2 aromatic carbocycles. The first-order valence-corrected chi connectivity index (χ1v) is 18.4. The molecule has 13 heteroatoms. The molecule has 1 aromatic heterocycles. The lowest BCUT2D eigenvalue weighted by Crippen LogP contribution is -2.51. The van der Waals surface area contributed by atoms with Gasteiger partial charge in [-0.1, -0.05) is 44.2 Å². The van der Waals surface area contributed by atoms with Gasteiger partial charge in [-0.25, -0.2) is 13.2 Å². The van der Waals surface area contributed by atoms with E-state index in [4.69, 9.17) is 14.2 Å². The summed E-state index contributed by atoms with van der Waals surface area (Å²) in [4.78, 5) is 28.0. The summed E-state index contributed by atoms with van der Waals surface area (Å²) in [6.45, 7) is 6.36. The number of anilines is 1. The predicted octanol–water partition coefficient (Wildman–Crippen LogP) is 4.66. The van der Waals surface area contributed by atoms with Crippen molar-refractivity contribution < 1.29 is 37.3 Å². The van der Waals surface area contributed by atoms with Crippen molar-refractivity contribution >= 4 is 50.7 Å². The summed E-state index contributed by atoms with van der Waals surface area (Å²) in [5.74, 6) is -0.430. The summed E-state index contributed by atoms with van der Waals surface area (Å²) >= 11 is 1.54. The molecule has 11 nitrogen and oxygen atoms in total. The van der Waals surface area contributed by atoms with Crippen LogP contribution in [0.5, 0.6) is 0 Å². The fourth-order valence-electron chi connectivity index (χ4n) is 6.33. The van der Waals surface area contributed by atoms with Gasteiger partial charge in [0.05, 0.1) is 41.7 Å². The lowest BCUT2D eigenvalue weighted by atomic mass is 10.0. The van der Waals surface area contributed by atoms with Crippen LogP contribution in [0.1, 0.15) is 41.1 Å². The molecule has 6 rings (SSSR count). The average molecular weight is 696 g/mol. The van der Waals surface area contributed by atoms with E-state index < -0.39 is 34.4 Å². The molecule has 5 unspecified atom stereocenters. The van der Waals surface area contributed by atoms with Crippen LogP contribution < -0.4 is 10.6 Å². The molecule has 0 aliphatic carbocycles. The summed E-state index contributed by atoms with van der Waals surface area (Å²) < 4.78 is 46.6. The first-order valence-electron chi connectivity index (χ1n) is 16.1. The first-order chi connectivity index (χ1) is 23.0. The first kappa shape index (κ1) is 34.3. The second-order valence-corrected chi connectivity index (χ2v) is 16.1. The monoisotopic (exact) mass is 695 g/mol. The summed E-state index contributed by atoms with van der Waals surface area (Å²) in [6.07, 6.45) is -0.141. The summed E-state index contributed by atoms with van der Waals surface area (Å²) in [7, 11) is -4.15. The van der Waals surface area contributed by atoms with Gasteiger partial charge < -0.3 is 30.0 Å². The summed E-state index contributed by atoms with van der Waals surface area (Å²) in [5, 5.41) is 17.3. The number of hydrogen-bond donors (Lipinski definition) is 3. The van der Waals surface area contributed by atoms with Gasteiger partial charge in [-0.3, -0.25) is 4.79 Å². The van der Waals surface area contributed by atoms with E-state index >= 15 is 0 Å². The number of aryl methyl sites for hydroxylation is 1. The maximum Gasteiger partial charge on any atom is 0.407 e. The maximum absolute atomic E-state index is 14.2. The molecule has 2 fully saturated rings. The number of sulfonamides is 1. The number of carbonyl (C=O) groups excluding carboxylic acids is 2. The number of hydrogen-bond acceptors (Lipinski definition) is 9. The van der Waals surface area contributed by atoms with Crippen molar-refractivity contribution in [2.24, 2.45) is 11.8 Å². The van der Waals surface area contributed by atoms with Gasteiger partial charge in [0.2, 0.25) is 10.0 Å². The standard InChI is InChI=1S/C35H41N3O8S2/c1-21(2)18-38(48(42,43)25-11-12-29-27(17-25)28(33(40)36-29)16-24-10-9-22(3)47-24)19-31(39)30(15-23-7-5-4-6-8-23)37-35(41)46-32-20-45-34-26(32)13-14-44-34/h4-12,16-17,21,26,30-32,34,39H,13-15,18-20H2,1-3H3,(H,36,40)(H,37,41). The molecule has 0 spiro atoms. The Bertz CT molecular complexity index is 1770. The highest BCUT2D eigenvalue weighted by molar-refractivity contribution is 7.89. The van der Waals surface area contributed by atoms with Crippen LogP contribution in [-0.4, -0.2) is 80.7 Å². The van der Waals surface area contributed by atoms with Gasteiger partial charge in [0.1, 0.15) is 6.10 Å². The van der Waals surface area contributed by atoms with Crippen LogP contribution in [0, 0.1) is 18.8 Å². The summed E-state index contributed by atoms with van der Waals surface area (Å²) in [6, 6.07) is 16.9. The molecule has 0 bridgehead atoms. The Morgan fingerprint density at radius 1 is 1.15 bits per heavy atom. The van der Waals surface area contributed by atoms with Crippen LogP contribution >= 0.6 is 11.3 Å². The SMILES string of the molecule is Cc1ccc(C=C2C(=O)Nc3ccc(S(=O)(=O)N(CC(C)C)CC(O)C(Cc4ccccc4)NC(=O)OC4COC5OCCC45)cc32)s1. The van der Waals surface area contributed by atoms with Crippen molar-refractivity contribution in [1.29, 1.82) is 0 Å². The molecule has 4 heterocycles. The van der Waals surface area contributed by atoms with E-state index in [2.05, 4.69) is 10.6 Å². The molecule has 0 saturated carbocycles. The Labute approximate surface area is 284 Å². The Kier molecular flexibility index (Phi) is 10.3. The number of aliphatic hydroxyl groups is 1. The van der Waals surface area contributed by atoms with Gasteiger partial charge in [-0.15, -0.1) is 11.3 Å². The molecule has 5 atom stereocenters. The third kappa shape index (κ3) is 7.66. The molecule has 3 aliphatic heterocycles. The zero-order valence-corrected chi connectivity index (χ0v) is 28.8. The van der Waals surface area contributed by atoms with Crippen molar-refractivity contribution in [3.63, 3.8) is 0 Å². The highest BCUT2D eigenvalue weighted by atomic mass is 32.2. The van der Waals surface area contributed by atoms with Crippen LogP contribution in [0.2, 0.25) is 0 Å². The van der Waals surface area contributed by atoms with Gasteiger partial charge in [0.15, 0.2) is 6.29 Å². The van der Waals surface area contributed by atoms with Crippen LogP contribution in [0.4, 0.5) is 10.5 Å². The van der Waals surface area contributed by atoms with Gasteiger partial charge in [0, 0.05) is 34.1 Å². The van der Waals surface area contributed by atoms with Gasteiger partial charge in [0.25, 0.3) is 5.91 Å². The largest absolute Gasteiger partial charge is 0.443 e. The van der Waals surface area contributed by atoms with Crippen LogP contribution in [0.25, 0.3) is 11.6 Å². The topological polar surface area (TPSA) is 144 Å². The van der Waals surface area contributed by atoms with Crippen molar-refractivity contribution in [3.8, 4) is 0 Å². The van der Waals surface area contributed by atoms with Crippen molar-refractivity contribution in [2.75, 3.05) is 31.6 Å². The minimum absolute atomic E-state index is 0.000378. The average Bonchev–Trinajstić information content (AvgIpc) is 3.83. The smallest absolute Gasteiger partial charge is 0.407 e. The second kappa shape index (κ2) is 14.5. The fourth-order valence-corrected chi connectivity index (χ4v) is 8.80. The van der Waals surface area contributed by atoms with E-state index in [9.17, 15) is 23.1 Å². The van der Waals surface area contributed by atoms with Crippen molar-refractivity contribution in [3.05, 3.63) is 81.5 Å². The van der Waals surface area contributed by atoms with E-state index in [0.29, 0.717) is 23.4 Å². The number of carbonyl (C=O) groups is 2. The zero-order chi connectivity index (χ0) is 34.0. The molecule has 48 heavy (non-hydrogen) atoms. The fraction of sp³-hybridized carbons (Fsp3) is 0.429. The number of nitrogens with zero attached hydrogens (tertiary/aromatic N) is 1. The molecule has 3 N–H and O–H groups in total. The number of rotatable bonds is 12. The molecule has 2 amide bonds. The summed E-state index contributed by atoms with van der Waals surface area (Å²) in [5.41, 5.74) is 2.26. The Hall–Kier alpha value is -3.59. The minimum Gasteiger partial charge on any atom is -0.443 e. The maximum atomic E-state index is 14.2. The molecule has 2 saturated heterocycles. The Balaban J connectivity index is 1.24. The molecular formula is C35H41N3O8S2. The number of fused-ring (bicyclic) bond motifs is 2. The minimum atomic E-state index is -4.15. The van der Waals surface area contributed by atoms with Gasteiger partial charge in [-0.05, 0) is 67.7 Å².